The number of amides is 2. The summed E-state index contributed by atoms with van der Waals surface area (Å²) in [6.45, 7) is 2.53. The average Bonchev–Trinajstić information content (AvgIpc) is 2.37. The first-order chi connectivity index (χ1) is 8.93. The largest absolute Gasteiger partial charge is 0.478 e. The molecule has 1 rings (SSSR count). The third-order valence-corrected chi connectivity index (χ3v) is 3.71. The zero-order chi connectivity index (χ0) is 14.4. The summed E-state index contributed by atoms with van der Waals surface area (Å²) >= 11 is 7.38. The number of rotatable bonds is 5. The van der Waals surface area contributed by atoms with E-state index < -0.39 is 5.97 Å². The van der Waals surface area contributed by atoms with Gasteiger partial charge in [-0.2, -0.15) is 11.8 Å². The fourth-order valence-electron chi connectivity index (χ4n) is 1.26. The van der Waals surface area contributed by atoms with Crippen LogP contribution in [0.15, 0.2) is 18.2 Å². The predicted molar refractivity (Wildman–Crippen MR) is 78.4 cm³/mol. The SMILES string of the molecule is CSC(C)CNC(=O)Nc1ccc(Cl)c(C(=O)O)c1. The van der Waals surface area contributed by atoms with Crippen molar-refractivity contribution in [2.24, 2.45) is 0 Å². The minimum Gasteiger partial charge on any atom is -0.478 e. The number of nitrogens with one attached hydrogen (secondary N) is 2. The molecule has 1 atom stereocenters. The molecule has 0 aliphatic carbocycles. The molecule has 0 fully saturated rings. The molecule has 1 aromatic rings. The van der Waals surface area contributed by atoms with Crippen LogP contribution < -0.4 is 10.6 Å². The lowest BCUT2D eigenvalue weighted by molar-refractivity contribution is 0.0697. The smallest absolute Gasteiger partial charge is 0.337 e. The highest BCUT2D eigenvalue weighted by molar-refractivity contribution is 7.99. The fraction of sp³-hybridized carbons (Fsp3) is 0.333. The highest BCUT2D eigenvalue weighted by Gasteiger charge is 2.11. The summed E-state index contributed by atoms with van der Waals surface area (Å²) in [6, 6.07) is 3.93. The molecule has 5 nitrogen and oxygen atoms in total. The van der Waals surface area contributed by atoms with Crippen molar-refractivity contribution >= 4 is 41.1 Å². The Morgan fingerprint density at radius 1 is 1.47 bits per heavy atom. The van der Waals surface area contributed by atoms with Crippen LogP contribution in [0.3, 0.4) is 0 Å². The van der Waals surface area contributed by atoms with E-state index in [2.05, 4.69) is 10.6 Å². The van der Waals surface area contributed by atoms with Gasteiger partial charge in [-0.15, -0.1) is 0 Å². The molecule has 3 N–H and O–H groups in total. The second-order valence-corrected chi connectivity index (χ2v) is 5.56. The molecule has 0 aliphatic rings. The molecule has 0 saturated heterocycles. The first-order valence-corrected chi connectivity index (χ1v) is 7.21. The lowest BCUT2D eigenvalue weighted by Gasteiger charge is -2.11. The van der Waals surface area contributed by atoms with Crippen LogP contribution in [-0.2, 0) is 0 Å². The Hall–Kier alpha value is -1.40. The molecule has 0 spiro atoms. The van der Waals surface area contributed by atoms with E-state index in [1.165, 1.54) is 12.1 Å². The van der Waals surface area contributed by atoms with Gasteiger partial charge in [0, 0.05) is 17.5 Å². The second kappa shape index (κ2) is 7.25. The van der Waals surface area contributed by atoms with Gasteiger partial charge in [0.2, 0.25) is 0 Å². The summed E-state index contributed by atoms with van der Waals surface area (Å²) < 4.78 is 0. The Kier molecular flexibility index (Phi) is 5.98. The minimum atomic E-state index is -1.13. The lowest BCUT2D eigenvalue weighted by Crippen LogP contribution is -2.33. The van der Waals surface area contributed by atoms with Gasteiger partial charge >= 0.3 is 12.0 Å². The molecule has 7 heteroatoms. The van der Waals surface area contributed by atoms with Crippen molar-refractivity contribution in [3.8, 4) is 0 Å². The van der Waals surface area contributed by atoms with Gasteiger partial charge in [0.15, 0.2) is 0 Å². The zero-order valence-corrected chi connectivity index (χ0v) is 12.1. The molecule has 1 unspecified atom stereocenters. The van der Waals surface area contributed by atoms with Gasteiger partial charge in [0.25, 0.3) is 0 Å². The molecule has 1 aromatic carbocycles. The number of anilines is 1. The summed E-state index contributed by atoms with van der Waals surface area (Å²) in [5.41, 5.74) is 0.341. The van der Waals surface area contributed by atoms with Crippen LogP contribution in [0.1, 0.15) is 17.3 Å². The maximum Gasteiger partial charge on any atom is 0.337 e. The number of carbonyl (C=O) groups is 2. The number of thioether (sulfide) groups is 1. The van der Waals surface area contributed by atoms with Gasteiger partial charge in [-0.3, -0.25) is 0 Å². The van der Waals surface area contributed by atoms with E-state index in [9.17, 15) is 9.59 Å². The molecular weight excluding hydrogens is 288 g/mol. The molecular formula is C12H15ClN2O3S. The molecule has 19 heavy (non-hydrogen) atoms. The molecule has 0 radical (unpaired) electrons. The Balaban J connectivity index is 2.64. The maximum atomic E-state index is 11.6. The summed E-state index contributed by atoms with van der Waals surface area (Å²) in [4.78, 5) is 22.5. The van der Waals surface area contributed by atoms with Crippen molar-refractivity contribution in [1.82, 2.24) is 5.32 Å². The van der Waals surface area contributed by atoms with Crippen molar-refractivity contribution in [3.05, 3.63) is 28.8 Å². The maximum absolute atomic E-state index is 11.6. The van der Waals surface area contributed by atoms with Crippen molar-refractivity contribution in [1.29, 1.82) is 0 Å². The number of carboxylic acid groups (broad SMARTS) is 1. The predicted octanol–water partition coefficient (Wildman–Crippen LogP) is 2.91. The first-order valence-electron chi connectivity index (χ1n) is 5.54. The molecule has 0 aliphatic heterocycles. The van der Waals surface area contributed by atoms with Crippen LogP contribution in [0.4, 0.5) is 10.5 Å². The number of halogens is 1. The molecule has 0 bridgehead atoms. The van der Waals surface area contributed by atoms with Gasteiger partial charge in [0.05, 0.1) is 10.6 Å². The molecule has 0 aromatic heterocycles. The third kappa shape index (κ3) is 5.00. The van der Waals surface area contributed by atoms with Crippen LogP contribution >= 0.6 is 23.4 Å². The van der Waals surface area contributed by atoms with Crippen LogP contribution in [0.2, 0.25) is 5.02 Å². The van der Waals surface area contributed by atoms with E-state index in [0.717, 1.165) is 0 Å². The summed E-state index contributed by atoms with van der Waals surface area (Å²) in [7, 11) is 0. The zero-order valence-electron chi connectivity index (χ0n) is 10.6. The monoisotopic (exact) mass is 302 g/mol. The van der Waals surface area contributed by atoms with Gasteiger partial charge in [0.1, 0.15) is 0 Å². The normalized spacial score (nSPS) is 11.7. The molecule has 2 amide bonds. The Morgan fingerprint density at radius 2 is 2.16 bits per heavy atom. The standard InChI is InChI=1S/C12H15ClN2O3S/c1-7(19-2)6-14-12(18)15-8-3-4-10(13)9(5-8)11(16)17/h3-5,7H,6H2,1-2H3,(H,16,17)(H2,14,15,18). The number of hydrogen-bond donors (Lipinski definition) is 3. The van der Waals surface area contributed by atoms with Crippen LogP contribution in [-0.4, -0.2) is 35.2 Å². The molecule has 0 heterocycles. The number of hydrogen-bond acceptors (Lipinski definition) is 3. The topological polar surface area (TPSA) is 78.4 Å². The van der Waals surface area contributed by atoms with Crippen molar-refractivity contribution in [2.75, 3.05) is 18.1 Å². The number of carboxylic acids is 1. The number of carbonyl (C=O) groups excluding carboxylic acids is 1. The lowest BCUT2D eigenvalue weighted by atomic mass is 10.2. The van der Waals surface area contributed by atoms with E-state index in [4.69, 9.17) is 16.7 Å². The summed E-state index contributed by atoms with van der Waals surface area (Å²) in [5.74, 6) is -1.13. The summed E-state index contributed by atoms with van der Waals surface area (Å²) in [5, 5.41) is 14.6. The molecule has 104 valence electrons. The fourth-order valence-corrected chi connectivity index (χ4v) is 1.71. The Labute approximate surface area is 120 Å². The van der Waals surface area contributed by atoms with Gasteiger partial charge < -0.3 is 15.7 Å². The van der Waals surface area contributed by atoms with E-state index in [-0.39, 0.29) is 16.6 Å². The van der Waals surface area contributed by atoms with Crippen LogP contribution in [0.5, 0.6) is 0 Å². The number of aromatic carboxylic acids is 1. The van der Waals surface area contributed by atoms with E-state index in [1.807, 2.05) is 13.2 Å². The second-order valence-electron chi connectivity index (χ2n) is 3.88. The first kappa shape index (κ1) is 15.7. The third-order valence-electron chi connectivity index (χ3n) is 2.41. The van der Waals surface area contributed by atoms with E-state index in [1.54, 1.807) is 17.8 Å². The van der Waals surface area contributed by atoms with Crippen molar-refractivity contribution in [2.45, 2.75) is 12.2 Å². The van der Waals surface area contributed by atoms with Crippen LogP contribution in [0, 0.1) is 0 Å². The van der Waals surface area contributed by atoms with E-state index >= 15 is 0 Å². The van der Waals surface area contributed by atoms with Gasteiger partial charge in [-0.1, -0.05) is 18.5 Å². The Morgan fingerprint density at radius 3 is 2.74 bits per heavy atom. The molecule has 0 saturated carbocycles. The van der Waals surface area contributed by atoms with E-state index in [0.29, 0.717) is 17.5 Å². The summed E-state index contributed by atoms with van der Waals surface area (Å²) in [6.07, 6.45) is 1.96. The highest BCUT2D eigenvalue weighted by Crippen LogP contribution is 2.20. The van der Waals surface area contributed by atoms with Gasteiger partial charge in [-0.05, 0) is 24.5 Å². The number of benzene rings is 1. The van der Waals surface area contributed by atoms with Crippen molar-refractivity contribution < 1.29 is 14.7 Å². The van der Waals surface area contributed by atoms with Crippen molar-refractivity contribution in [3.63, 3.8) is 0 Å². The minimum absolute atomic E-state index is 0.0445. The van der Waals surface area contributed by atoms with Gasteiger partial charge in [-0.25, -0.2) is 9.59 Å². The Bertz CT molecular complexity index is 482. The quantitative estimate of drug-likeness (QED) is 0.781. The number of urea groups is 1. The van der Waals surface area contributed by atoms with Crippen LogP contribution in [0.25, 0.3) is 0 Å². The average molecular weight is 303 g/mol. The highest BCUT2D eigenvalue weighted by atomic mass is 35.5.